The van der Waals surface area contributed by atoms with E-state index in [9.17, 15) is 4.79 Å². The monoisotopic (exact) mass is 318 g/mol. The van der Waals surface area contributed by atoms with E-state index < -0.39 is 14.0 Å². The van der Waals surface area contributed by atoms with E-state index >= 15 is 0 Å². The van der Waals surface area contributed by atoms with Gasteiger partial charge in [0.1, 0.15) is 8.07 Å². The van der Waals surface area contributed by atoms with Gasteiger partial charge < -0.3 is 5.11 Å². The zero-order valence-corrected chi connectivity index (χ0v) is 13.9. The number of aromatic carboxylic acids is 1. The molecule has 1 N–H and O–H groups in total. The van der Waals surface area contributed by atoms with E-state index in [0.29, 0.717) is 5.56 Å². The van der Waals surface area contributed by atoms with Crippen molar-refractivity contribution in [3.8, 4) is 0 Å². The van der Waals surface area contributed by atoms with Crippen LogP contribution < -0.4 is 15.6 Å². The van der Waals surface area contributed by atoms with Gasteiger partial charge in [-0.15, -0.1) is 0 Å². The number of carbonyl (C=O) groups is 1. The Morgan fingerprint density at radius 3 is 1.48 bits per heavy atom. The van der Waals surface area contributed by atoms with E-state index in [1.54, 1.807) is 12.1 Å². The minimum absolute atomic E-state index is 0.325. The van der Waals surface area contributed by atoms with Crippen molar-refractivity contribution in [2.24, 2.45) is 0 Å². The maximum atomic E-state index is 11.1. The van der Waals surface area contributed by atoms with Crippen LogP contribution in [-0.2, 0) is 0 Å². The highest BCUT2D eigenvalue weighted by Gasteiger charge is 2.33. The minimum Gasteiger partial charge on any atom is -0.478 e. The lowest BCUT2D eigenvalue weighted by Crippen LogP contribution is -2.64. The second-order valence-electron chi connectivity index (χ2n) is 5.74. The molecule has 0 saturated heterocycles. The highest BCUT2D eigenvalue weighted by atomic mass is 28.3. The van der Waals surface area contributed by atoms with Crippen molar-refractivity contribution in [3.63, 3.8) is 0 Å². The summed E-state index contributed by atoms with van der Waals surface area (Å²) in [6, 6.07) is 28.3. The van der Waals surface area contributed by atoms with Gasteiger partial charge in [-0.2, -0.15) is 0 Å². The van der Waals surface area contributed by atoms with E-state index in [1.165, 1.54) is 15.6 Å². The summed E-state index contributed by atoms with van der Waals surface area (Å²) in [5.41, 5.74) is 0.325. The molecule has 0 bridgehead atoms. The average Bonchev–Trinajstić information content (AvgIpc) is 2.62. The first-order valence-electron chi connectivity index (χ1n) is 7.57. The molecule has 3 aromatic carbocycles. The third kappa shape index (κ3) is 2.83. The summed E-state index contributed by atoms with van der Waals surface area (Å²) in [6.45, 7) is 2.31. The molecular weight excluding hydrogens is 300 g/mol. The van der Waals surface area contributed by atoms with Crippen LogP contribution in [0.1, 0.15) is 10.4 Å². The molecule has 0 radical (unpaired) electrons. The number of hydrogen-bond donors (Lipinski definition) is 1. The van der Waals surface area contributed by atoms with Crippen LogP contribution >= 0.6 is 0 Å². The molecule has 0 aliphatic rings. The first-order valence-corrected chi connectivity index (χ1v) is 10.1. The zero-order chi connectivity index (χ0) is 16.3. The topological polar surface area (TPSA) is 37.3 Å². The quantitative estimate of drug-likeness (QED) is 0.593. The predicted octanol–water partition coefficient (Wildman–Crippen LogP) is 2.48. The van der Waals surface area contributed by atoms with Crippen LogP contribution in [0.3, 0.4) is 0 Å². The Morgan fingerprint density at radius 1 is 0.696 bits per heavy atom. The van der Waals surface area contributed by atoms with E-state index in [2.05, 4.69) is 55.1 Å². The summed E-state index contributed by atoms with van der Waals surface area (Å²) in [5, 5.41) is 13.0. The zero-order valence-electron chi connectivity index (χ0n) is 12.9. The maximum Gasteiger partial charge on any atom is 0.335 e. The normalized spacial score (nSPS) is 11.2. The molecule has 23 heavy (non-hydrogen) atoms. The lowest BCUT2D eigenvalue weighted by Gasteiger charge is -2.29. The van der Waals surface area contributed by atoms with Gasteiger partial charge in [-0.25, -0.2) is 4.79 Å². The predicted molar refractivity (Wildman–Crippen MR) is 96.8 cm³/mol. The second kappa shape index (κ2) is 6.22. The molecule has 0 unspecified atom stereocenters. The maximum absolute atomic E-state index is 11.1. The Hall–Kier alpha value is -2.65. The van der Waals surface area contributed by atoms with Gasteiger partial charge in [0.05, 0.1) is 5.56 Å². The van der Waals surface area contributed by atoms with Gasteiger partial charge in [0.15, 0.2) is 0 Å². The molecule has 0 aliphatic heterocycles. The van der Waals surface area contributed by atoms with Crippen LogP contribution in [0.15, 0.2) is 84.9 Å². The van der Waals surface area contributed by atoms with Crippen molar-refractivity contribution in [2.45, 2.75) is 6.55 Å². The fourth-order valence-electron chi connectivity index (χ4n) is 2.99. The molecule has 0 spiro atoms. The van der Waals surface area contributed by atoms with Crippen LogP contribution in [0, 0.1) is 0 Å². The van der Waals surface area contributed by atoms with Gasteiger partial charge in [-0.05, 0) is 27.7 Å². The largest absolute Gasteiger partial charge is 0.478 e. The van der Waals surface area contributed by atoms with Crippen LogP contribution in [0.5, 0.6) is 0 Å². The van der Waals surface area contributed by atoms with Crippen molar-refractivity contribution in [1.82, 2.24) is 0 Å². The Balaban J connectivity index is 2.18. The summed E-state index contributed by atoms with van der Waals surface area (Å²) in [4.78, 5) is 11.1. The Labute approximate surface area is 137 Å². The third-order valence-corrected chi connectivity index (χ3v) is 8.88. The summed E-state index contributed by atoms with van der Waals surface area (Å²) < 4.78 is 0. The first-order chi connectivity index (χ1) is 11.1. The highest BCUT2D eigenvalue weighted by molar-refractivity contribution is 7.10. The molecular formula is C20H18O2Si. The fraction of sp³-hybridized carbons (Fsp3) is 0.0500. The van der Waals surface area contributed by atoms with Gasteiger partial charge in [-0.3, -0.25) is 0 Å². The van der Waals surface area contributed by atoms with E-state index in [-0.39, 0.29) is 0 Å². The van der Waals surface area contributed by atoms with Crippen LogP contribution in [0.2, 0.25) is 6.55 Å². The Morgan fingerprint density at radius 2 is 1.09 bits per heavy atom. The molecule has 0 fully saturated rings. The van der Waals surface area contributed by atoms with E-state index in [1.807, 2.05) is 24.3 Å². The van der Waals surface area contributed by atoms with E-state index in [4.69, 9.17) is 5.11 Å². The van der Waals surface area contributed by atoms with Gasteiger partial charge >= 0.3 is 5.97 Å². The van der Waals surface area contributed by atoms with Crippen molar-refractivity contribution < 1.29 is 9.90 Å². The lowest BCUT2D eigenvalue weighted by atomic mass is 10.2. The van der Waals surface area contributed by atoms with Crippen molar-refractivity contribution >= 4 is 29.6 Å². The van der Waals surface area contributed by atoms with Crippen LogP contribution in [0.4, 0.5) is 0 Å². The number of carboxylic acid groups (broad SMARTS) is 1. The molecule has 3 rings (SSSR count). The molecule has 0 atom stereocenters. The third-order valence-electron chi connectivity index (χ3n) is 4.41. The van der Waals surface area contributed by atoms with Crippen molar-refractivity contribution in [3.05, 3.63) is 90.5 Å². The number of carboxylic acids is 1. The summed E-state index contributed by atoms with van der Waals surface area (Å²) in [5.74, 6) is -0.889. The Kier molecular flexibility index (Phi) is 4.13. The molecule has 3 aromatic rings. The minimum atomic E-state index is -2.13. The standard InChI is InChI=1S/C20H18O2Si/c1-23(17-8-4-2-5-9-17,18-10-6-3-7-11-18)19-14-12-16(13-15-19)20(21)22/h2-15H,1H3,(H,21,22). The molecule has 0 aromatic heterocycles. The van der Waals surface area contributed by atoms with Gasteiger partial charge in [0.2, 0.25) is 0 Å². The fourth-order valence-corrected chi connectivity index (χ4v) is 6.54. The molecule has 0 aliphatic carbocycles. The van der Waals surface area contributed by atoms with Crippen molar-refractivity contribution in [1.29, 1.82) is 0 Å². The number of rotatable bonds is 4. The van der Waals surface area contributed by atoms with Crippen LogP contribution in [0.25, 0.3) is 0 Å². The molecule has 3 heteroatoms. The smallest absolute Gasteiger partial charge is 0.335 e. The lowest BCUT2D eigenvalue weighted by molar-refractivity contribution is 0.0697. The highest BCUT2D eigenvalue weighted by Crippen LogP contribution is 2.08. The first kappa shape index (κ1) is 15.3. The number of benzene rings is 3. The van der Waals surface area contributed by atoms with Crippen molar-refractivity contribution in [2.75, 3.05) is 0 Å². The second-order valence-corrected chi connectivity index (χ2v) is 9.72. The van der Waals surface area contributed by atoms with E-state index in [0.717, 1.165) is 0 Å². The summed E-state index contributed by atoms with van der Waals surface area (Å²) in [7, 11) is -2.13. The Bertz CT molecular complexity index is 757. The molecule has 0 heterocycles. The molecule has 2 nitrogen and oxygen atoms in total. The molecule has 0 saturated carbocycles. The van der Waals surface area contributed by atoms with Gasteiger partial charge in [-0.1, -0.05) is 79.3 Å². The molecule has 0 amide bonds. The molecule has 114 valence electrons. The average molecular weight is 318 g/mol. The van der Waals surface area contributed by atoms with Crippen LogP contribution in [-0.4, -0.2) is 19.1 Å². The van der Waals surface area contributed by atoms with Gasteiger partial charge in [0.25, 0.3) is 0 Å². The SMILES string of the molecule is C[Si](c1ccccc1)(c1ccccc1)c1ccc(C(=O)O)cc1. The summed E-state index contributed by atoms with van der Waals surface area (Å²) >= 11 is 0. The van der Waals surface area contributed by atoms with Gasteiger partial charge in [0, 0.05) is 0 Å². The summed E-state index contributed by atoms with van der Waals surface area (Å²) in [6.07, 6.45) is 0. The number of hydrogen-bond acceptors (Lipinski definition) is 1.